The molecule has 0 bridgehead atoms. The summed E-state index contributed by atoms with van der Waals surface area (Å²) in [4.78, 5) is 23.5. The number of rotatable bonds is 7. The number of ether oxygens (including phenoxy) is 1. The summed E-state index contributed by atoms with van der Waals surface area (Å²) < 4.78 is 45.2. The van der Waals surface area contributed by atoms with Gasteiger partial charge in [0.2, 0.25) is 0 Å². The van der Waals surface area contributed by atoms with Crippen molar-refractivity contribution in [1.82, 2.24) is 19.8 Å². The number of alkyl halides is 3. The Bertz CT molecular complexity index is 1350. The maximum Gasteiger partial charge on any atom is 0.432 e. The zero-order chi connectivity index (χ0) is 28.0. The third-order valence-electron chi connectivity index (χ3n) is 6.33. The fourth-order valence-electron chi connectivity index (χ4n) is 4.15. The largest absolute Gasteiger partial charge is 0.490 e. The molecule has 0 atom stereocenters. The molecule has 0 saturated carbocycles. The Morgan fingerprint density at radius 3 is 2.62 bits per heavy atom. The highest BCUT2D eigenvalue weighted by molar-refractivity contribution is 6.30. The molecule has 1 fully saturated rings. The van der Waals surface area contributed by atoms with Crippen molar-refractivity contribution in [3.05, 3.63) is 64.9 Å². The van der Waals surface area contributed by atoms with E-state index < -0.39 is 17.8 Å². The molecule has 0 unspecified atom stereocenters. The first-order valence-corrected chi connectivity index (χ1v) is 12.9. The van der Waals surface area contributed by atoms with Gasteiger partial charge in [-0.2, -0.15) is 13.2 Å². The molecule has 1 saturated heterocycles. The third-order valence-corrected chi connectivity index (χ3v) is 6.56. The lowest BCUT2D eigenvalue weighted by Gasteiger charge is -2.36. The number of halogens is 4. The molecule has 206 valence electrons. The number of H-pyrrole nitrogens is 1. The second-order valence-corrected chi connectivity index (χ2v) is 9.82. The lowest BCUT2D eigenvalue weighted by atomic mass is 10.1. The molecule has 4 rings (SSSR count). The van der Waals surface area contributed by atoms with Crippen molar-refractivity contribution in [3.8, 4) is 29.0 Å². The number of hydrogen-bond donors (Lipinski definition) is 2. The van der Waals surface area contributed by atoms with Crippen LogP contribution < -0.4 is 10.1 Å². The lowest BCUT2D eigenvalue weighted by molar-refractivity contribution is -0.140. The van der Waals surface area contributed by atoms with Gasteiger partial charge in [0, 0.05) is 60.8 Å². The number of carbonyl (C=O) groups excluding carboxylic acids is 1. The highest BCUT2D eigenvalue weighted by Crippen LogP contribution is 2.33. The molecule has 1 aliphatic rings. The summed E-state index contributed by atoms with van der Waals surface area (Å²) in [5.74, 6) is 5.03. The third kappa shape index (κ3) is 7.99. The minimum absolute atomic E-state index is 0.0115. The van der Waals surface area contributed by atoms with Crippen LogP contribution in [0.5, 0.6) is 5.75 Å². The van der Waals surface area contributed by atoms with Crippen molar-refractivity contribution in [3.63, 3.8) is 0 Å². The van der Waals surface area contributed by atoms with E-state index in [0.29, 0.717) is 41.1 Å². The number of anilines is 1. The van der Waals surface area contributed by atoms with Crippen LogP contribution in [0, 0.1) is 11.8 Å². The number of benzene rings is 2. The summed E-state index contributed by atoms with van der Waals surface area (Å²) in [6.45, 7) is 9.28. The maximum atomic E-state index is 13.1. The summed E-state index contributed by atoms with van der Waals surface area (Å²) in [5, 5.41) is 3.19. The van der Waals surface area contributed by atoms with Gasteiger partial charge in [-0.3, -0.25) is 14.6 Å². The van der Waals surface area contributed by atoms with Crippen molar-refractivity contribution in [2.24, 2.45) is 0 Å². The minimum Gasteiger partial charge on any atom is -0.490 e. The van der Waals surface area contributed by atoms with E-state index in [1.807, 2.05) is 0 Å². The first-order chi connectivity index (χ1) is 18.6. The number of carbonyl (C=O) groups is 1. The summed E-state index contributed by atoms with van der Waals surface area (Å²) in [6.07, 6.45) is -3.82. The Hall–Kier alpha value is -3.52. The zero-order valence-electron chi connectivity index (χ0n) is 21.6. The van der Waals surface area contributed by atoms with E-state index in [-0.39, 0.29) is 11.5 Å². The number of nitrogens with zero attached hydrogens (tertiary/aromatic N) is 3. The number of aromatic amines is 1. The van der Waals surface area contributed by atoms with Gasteiger partial charge < -0.3 is 15.0 Å². The second kappa shape index (κ2) is 12.6. The van der Waals surface area contributed by atoms with Crippen LogP contribution in [0.1, 0.15) is 25.1 Å². The van der Waals surface area contributed by atoms with E-state index in [1.165, 1.54) is 6.07 Å². The van der Waals surface area contributed by atoms with Crippen LogP contribution in [0.15, 0.2) is 48.7 Å². The summed E-state index contributed by atoms with van der Waals surface area (Å²) in [7, 11) is 0. The topological polar surface area (TPSA) is 73.5 Å². The first kappa shape index (κ1) is 28.5. The molecule has 0 aliphatic carbocycles. The van der Waals surface area contributed by atoms with Crippen molar-refractivity contribution >= 4 is 23.2 Å². The molecule has 2 aromatic carbocycles. The molecule has 39 heavy (non-hydrogen) atoms. The van der Waals surface area contributed by atoms with E-state index in [9.17, 15) is 18.0 Å². The van der Waals surface area contributed by atoms with Gasteiger partial charge in [-0.25, -0.2) is 4.98 Å². The van der Waals surface area contributed by atoms with Gasteiger partial charge in [-0.15, -0.1) is 0 Å². The Morgan fingerprint density at radius 2 is 1.95 bits per heavy atom. The van der Waals surface area contributed by atoms with Gasteiger partial charge in [0.25, 0.3) is 0 Å². The van der Waals surface area contributed by atoms with Crippen molar-refractivity contribution < 1.29 is 22.7 Å². The fraction of sp³-hybridized carbons (Fsp3) is 0.357. The average Bonchev–Trinajstić information content (AvgIpc) is 3.40. The summed E-state index contributed by atoms with van der Waals surface area (Å²) >= 11 is 5.97. The molecule has 2 N–H and O–H groups in total. The Morgan fingerprint density at radius 1 is 1.18 bits per heavy atom. The van der Waals surface area contributed by atoms with Crippen molar-refractivity contribution in [2.75, 3.05) is 44.6 Å². The number of aromatic nitrogens is 2. The summed E-state index contributed by atoms with van der Waals surface area (Å²) in [6, 6.07) is 12.0. The van der Waals surface area contributed by atoms with Crippen LogP contribution in [-0.2, 0) is 11.0 Å². The van der Waals surface area contributed by atoms with Crippen LogP contribution >= 0.6 is 11.6 Å². The van der Waals surface area contributed by atoms with Gasteiger partial charge in [-0.05, 0) is 50.2 Å². The minimum atomic E-state index is -4.55. The maximum absolute atomic E-state index is 13.1. The van der Waals surface area contributed by atoms with Crippen LogP contribution in [0.3, 0.4) is 0 Å². The molecule has 1 aromatic heterocycles. The quantitative estimate of drug-likeness (QED) is 0.392. The number of amides is 1. The molecule has 1 aliphatic heterocycles. The highest BCUT2D eigenvalue weighted by atomic mass is 35.5. The Labute approximate surface area is 230 Å². The van der Waals surface area contributed by atoms with E-state index >= 15 is 0 Å². The predicted octanol–water partition coefficient (Wildman–Crippen LogP) is 5.14. The van der Waals surface area contributed by atoms with Crippen LogP contribution in [0.25, 0.3) is 11.4 Å². The normalized spacial score (nSPS) is 14.6. The second-order valence-electron chi connectivity index (χ2n) is 9.39. The SMILES string of the molecule is CC(C)N1CCN(CCOc2ccc(-c3ncc(C(F)(F)F)[nH]3)cc2NC(=O)C#Cc2cccc(Cl)c2)CC1. The van der Waals surface area contributed by atoms with Crippen LogP contribution in [0.4, 0.5) is 18.9 Å². The number of imidazole rings is 1. The number of hydrogen-bond acceptors (Lipinski definition) is 5. The van der Waals surface area contributed by atoms with Gasteiger partial charge in [0.1, 0.15) is 23.9 Å². The van der Waals surface area contributed by atoms with Gasteiger partial charge in [0.15, 0.2) is 0 Å². The average molecular weight is 560 g/mol. The number of nitrogens with one attached hydrogen (secondary N) is 2. The summed E-state index contributed by atoms with van der Waals surface area (Å²) in [5.41, 5.74) is 0.220. The highest BCUT2D eigenvalue weighted by Gasteiger charge is 2.33. The van der Waals surface area contributed by atoms with Crippen LogP contribution in [-0.4, -0.2) is 71.0 Å². The van der Waals surface area contributed by atoms with Gasteiger partial charge in [0.05, 0.1) is 11.9 Å². The predicted molar refractivity (Wildman–Crippen MR) is 145 cm³/mol. The Kier molecular flexibility index (Phi) is 9.17. The lowest BCUT2D eigenvalue weighted by Crippen LogP contribution is -2.49. The Balaban J connectivity index is 1.49. The van der Waals surface area contributed by atoms with Gasteiger partial charge in [-0.1, -0.05) is 23.6 Å². The molecule has 11 heteroatoms. The molecule has 3 aromatic rings. The molecule has 0 spiro atoms. The molecule has 0 radical (unpaired) electrons. The van der Waals surface area contributed by atoms with E-state index in [0.717, 1.165) is 32.4 Å². The first-order valence-electron chi connectivity index (χ1n) is 12.5. The monoisotopic (exact) mass is 559 g/mol. The van der Waals surface area contributed by atoms with E-state index in [1.54, 1.807) is 36.4 Å². The fourth-order valence-corrected chi connectivity index (χ4v) is 4.34. The molecule has 2 heterocycles. The molecular weight excluding hydrogens is 531 g/mol. The zero-order valence-corrected chi connectivity index (χ0v) is 22.4. The standard InChI is InChI=1S/C28H29ClF3N5O2/c1-19(2)37-12-10-36(11-13-37)14-15-39-24-8-7-21(27-33-18-25(35-27)28(30,31)32)17-23(24)34-26(38)9-6-20-4-3-5-22(29)16-20/h3-5,7-8,16-19H,10-15H2,1-2H3,(H,33,35)(H,34,38). The smallest absolute Gasteiger partial charge is 0.432 e. The van der Waals surface area contributed by atoms with E-state index in [4.69, 9.17) is 16.3 Å². The number of piperazine rings is 1. The molecular formula is C28H29ClF3N5O2. The molecule has 7 nitrogen and oxygen atoms in total. The van der Waals surface area contributed by atoms with E-state index in [2.05, 4.69) is 50.8 Å². The molecule has 1 amide bonds. The van der Waals surface area contributed by atoms with Crippen molar-refractivity contribution in [2.45, 2.75) is 26.1 Å². The van der Waals surface area contributed by atoms with Gasteiger partial charge >= 0.3 is 12.1 Å². The van der Waals surface area contributed by atoms with Crippen LogP contribution in [0.2, 0.25) is 5.02 Å². The van der Waals surface area contributed by atoms with Crippen molar-refractivity contribution in [1.29, 1.82) is 0 Å².